The van der Waals surface area contributed by atoms with E-state index >= 15 is 0 Å². The van der Waals surface area contributed by atoms with Gasteiger partial charge < -0.3 is 14.6 Å². The van der Waals surface area contributed by atoms with Gasteiger partial charge in [0, 0.05) is 30.6 Å². The van der Waals surface area contributed by atoms with Crippen molar-refractivity contribution in [2.75, 3.05) is 11.9 Å². The van der Waals surface area contributed by atoms with Crippen molar-refractivity contribution in [1.29, 1.82) is 0 Å². The number of nitrogens with zero attached hydrogens (tertiary/aromatic N) is 3. The van der Waals surface area contributed by atoms with Crippen molar-refractivity contribution in [3.63, 3.8) is 0 Å². The first-order chi connectivity index (χ1) is 10.8. The van der Waals surface area contributed by atoms with Gasteiger partial charge >= 0.3 is 0 Å². The Balaban J connectivity index is 1.61. The van der Waals surface area contributed by atoms with Gasteiger partial charge in [-0.05, 0) is 36.8 Å². The van der Waals surface area contributed by atoms with Crippen molar-refractivity contribution in [1.82, 2.24) is 14.5 Å². The van der Waals surface area contributed by atoms with E-state index in [1.807, 2.05) is 42.0 Å². The highest BCUT2D eigenvalue weighted by Gasteiger charge is 2.12. The van der Waals surface area contributed by atoms with Gasteiger partial charge in [-0.1, -0.05) is 0 Å². The first-order valence-corrected chi connectivity index (χ1v) is 7.28. The number of nitrogens with one attached hydrogen (secondary N) is 1. The Hall–Kier alpha value is -2.82. The summed E-state index contributed by atoms with van der Waals surface area (Å²) in [7, 11) is 0. The molecule has 0 aliphatic carbocycles. The molecule has 0 saturated carbocycles. The number of hydrogen-bond donors (Lipinski definition) is 1. The standard InChI is InChI=1S/C17H16N4O/c1-12-10-21(11-19-12)15-4-6-18-17(9-15)20-14-2-3-16-13(8-14)5-7-22-16/h2-4,6,8-11H,5,7H2,1H3,(H,18,20). The molecule has 5 nitrogen and oxygen atoms in total. The minimum Gasteiger partial charge on any atom is -0.493 e. The van der Waals surface area contributed by atoms with Crippen LogP contribution in [0.1, 0.15) is 11.3 Å². The molecule has 0 bridgehead atoms. The lowest BCUT2D eigenvalue weighted by molar-refractivity contribution is 0.357. The van der Waals surface area contributed by atoms with Gasteiger partial charge in [0.2, 0.25) is 0 Å². The number of aryl methyl sites for hydroxylation is 1. The molecule has 1 aliphatic heterocycles. The van der Waals surface area contributed by atoms with E-state index in [9.17, 15) is 0 Å². The van der Waals surface area contributed by atoms with Crippen LogP contribution in [0, 0.1) is 6.92 Å². The maximum absolute atomic E-state index is 5.53. The van der Waals surface area contributed by atoms with E-state index < -0.39 is 0 Å². The Bertz CT molecular complexity index is 825. The van der Waals surface area contributed by atoms with Gasteiger partial charge in [0.1, 0.15) is 11.6 Å². The van der Waals surface area contributed by atoms with Crippen molar-refractivity contribution in [3.8, 4) is 11.4 Å². The molecule has 0 unspecified atom stereocenters. The van der Waals surface area contributed by atoms with Gasteiger partial charge in [0.05, 0.1) is 24.3 Å². The highest BCUT2D eigenvalue weighted by atomic mass is 16.5. The highest BCUT2D eigenvalue weighted by Crippen LogP contribution is 2.29. The minimum atomic E-state index is 0.770. The van der Waals surface area contributed by atoms with E-state index in [-0.39, 0.29) is 0 Å². The molecule has 0 saturated heterocycles. The summed E-state index contributed by atoms with van der Waals surface area (Å²) in [5.41, 5.74) is 4.29. The Morgan fingerprint density at radius 1 is 1.18 bits per heavy atom. The predicted octanol–water partition coefficient (Wildman–Crippen LogP) is 3.25. The first-order valence-electron chi connectivity index (χ1n) is 7.28. The van der Waals surface area contributed by atoms with Gasteiger partial charge in [-0.25, -0.2) is 9.97 Å². The summed E-state index contributed by atoms with van der Waals surface area (Å²) in [5, 5.41) is 3.35. The first kappa shape index (κ1) is 12.9. The highest BCUT2D eigenvalue weighted by molar-refractivity contribution is 5.61. The molecule has 4 rings (SSSR count). The fourth-order valence-electron chi connectivity index (χ4n) is 2.62. The molecule has 5 heteroatoms. The zero-order valence-corrected chi connectivity index (χ0v) is 12.3. The molecule has 110 valence electrons. The number of aromatic nitrogens is 3. The van der Waals surface area contributed by atoms with Crippen LogP contribution in [0.2, 0.25) is 0 Å². The Morgan fingerprint density at radius 2 is 2.14 bits per heavy atom. The minimum absolute atomic E-state index is 0.770. The lowest BCUT2D eigenvalue weighted by atomic mass is 10.1. The molecule has 0 atom stereocenters. The molecule has 0 amide bonds. The Labute approximate surface area is 128 Å². The molecule has 0 fully saturated rings. The van der Waals surface area contributed by atoms with Crippen LogP contribution < -0.4 is 10.1 Å². The lowest BCUT2D eigenvalue weighted by Gasteiger charge is -2.09. The van der Waals surface area contributed by atoms with Crippen molar-refractivity contribution in [2.45, 2.75) is 13.3 Å². The topological polar surface area (TPSA) is 52.0 Å². The Kier molecular flexibility index (Phi) is 3.04. The fourth-order valence-corrected chi connectivity index (χ4v) is 2.62. The summed E-state index contributed by atoms with van der Waals surface area (Å²) in [4.78, 5) is 8.64. The zero-order chi connectivity index (χ0) is 14.9. The van der Waals surface area contributed by atoms with Crippen LogP contribution in [-0.4, -0.2) is 21.1 Å². The second-order valence-corrected chi connectivity index (χ2v) is 5.37. The maximum atomic E-state index is 5.53. The van der Waals surface area contributed by atoms with Crippen LogP contribution in [0.4, 0.5) is 11.5 Å². The number of imidazole rings is 1. The molecular weight excluding hydrogens is 276 g/mol. The van der Waals surface area contributed by atoms with Gasteiger partial charge in [0.15, 0.2) is 0 Å². The van der Waals surface area contributed by atoms with Crippen molar-refractivity contribution >= 4 is 11.5 Å². The summed E-state index contributed by atoms with van der Waals surface area (Å²) in [6, 6.07) is 10.1. The van der Waals surface area contributed by atoms with E-state index in [2.05, 4.69) is 21.4 Å². The van der Waals surface area contributed by atoms with Crippen LogP contribution in [0.15, 0.2) is 49.1 Å². The number of ether oxygens (including phenoxy) is 1. The summed E-state index contributed by atoms with van der Waals surface area (Å²) < 4.78 is 7.51. The molecule has 0 spiro atoms. The molecule has 1 aromatic carbocycles. The molecule has 2 aromatic heterocycles. The smallest absolute Gasteiger partial charge is 0.132 e. The van der Waals surface area contributed by atoms with E-state index in [4.69, 9.17) is 4.74 Å². The van der Waals surface area contributed by atoms with Gasteiger partial charge in [0.25, 0.3) is 0 Å². The van der Waals surface area contributed by atoms with Crippen LogP contribution in [0.25, 0.3) is 5.69 Å². The number of pyridine rings is 1. The van der Waals surface area contributed by atoms with Crippen molar-refractivity contribution < 1.29 is 4.74 Å². The number of benzene rings is 1. The van der Waals surface area contributed by atoms with Crippen LogP contribution in [0.5, 0.6) is 5.75 Å². The summed E-state index contributed by atoms with van der Waals surface area (Å²) in [6.07, 6.45) is 6.56. The Morgan fingerprint density at radius 3 is 3.00 bits per heavy atom. The largest absolute Gasteiger partial charge is 0.493 e. The number of rotatable bonds is 3. The third-order valence-corrected chi connectivity index (χ3v) is 3.72. The number of hydrogen-bond acceptors (Lipinski definition) is 4. The van der Waals surface area contributed by atoms with E-state index in [1.165, 1.54) is 5.56 Å². The lowest BCUT2D eigenvalue weighted by Crippen LogP contribution is -1.97. The third kappa shape index (κ3) is 2.41. The number of anilines is 2. The molecular formula is C17H16N4O. The van der Waals surface area contributed by atoms with Crippen molar-refractivity contribution in [3.05, 3.63) is 60.3 Å². The summed E-state index contributed by atoms with van der Waals surface area (Å²) in [6.45, 7) is 2.75. The van der Waals surface area contributed by atoms with E-state index in [0.29, 0.717) is 0 Å². The van der Waals surface area contributed by atoms with Crippen LogP contribution in [0.3, 0.4) is 0 Å². The quantitative estimate of drug-likeness (QED) is 0.805. The molecule has 1 aliphatic rings. The molecule has 3 heterocycles. The summed E-state index contributed by atoms with van der Waals surface area (Å²) in [5.74, 6) is 1.80. The van der Waals surface area contributed by atoms with Crippen molar-refractivity contribution in [2.24, 2.45) is 0 Å². The monoisotopic (exact) mass is 292 g/mol. The normalized spacial score (nSPS) is 12.8. The average molecular weight is 292 g/mol. The molecule has 1 N–H and O–H groups in total. The molecule has 0 radical (unpaired) electrons. The van der Waals surface area contributed by atoms with Crippen LogP contribution in [-0.2, 0) is 6.42 Å². The van der Waals surface area contributed by atoms with Crippen LogP contribution >= 0.6 is 0 Å². The molecule has 22 heavy (non-hydrogen) atoms. The van der Waals surface area contributed by atoms with E-state index in [1.54, 1.807) is 12.5 Å². The second-order valence-electron chi connectivity index (χ2n) is 5.37. The third-order valence-electron chi connectivity index (χ3n) is 3.72. The maximum Gasteiger partial charge on any atom is 0.132 e. The van der Waals surface area contributed by atoms with E-state index in [0.717, 1.165) is 41.7 Å². The van der Waals surface area contributed by atoms with Gasteiger partial charge in [-0.15, -0.1) is 0 Å². The fraction of sp³-hybridized carbons (Fsp3) is 0.176. The van der Waals surface area contributed by atoms with Gasteiger partial charge in [-0.3, -0.25) is 0 Å². The SMILES string of the molecule is Cc1cn(-c2ccnc(Nc3ccc4c(c3)CCO4)c2)cn1. The summed E-state index contributed by atoms with van der Waals surface area (Å²) >= 11 is 0. The molecule has 3 aromatic rings. The second kappa shape index (κ2) is 5.18. The zero-order valence-electron chi connectivity index (χ0n) is 12.3. The predicted molar refractivity (Wildman–Crippen MR) is 85.0 cm³/mol. The average Bonchev–Trinajstić information content (AvgIpc) is 3.16. The van der Waals surface area contributed by atoms with Gasteiger partial charge in [-0.2, -0.15) is 0 Å². The number of fused-ring (bicyclic) bond motifs is 1.